The molecule has 1 fully saturated rings. The van der Waals surface area contributed by atoms with Gasteiger partial charge in [-0.25, -0.2) is 9.18 Å². The van der Waals surface area contributed by atoms with Crippen molar-refractivity contribution in [2.24, 2.45) is 0 Å². The molecule has 10 heteroatoms. The van der Waals surface area contributed by atoms with Gasteiger partial charge in [0.05, 0.1) is 17.9 Å². The molecule has 8 nitrogen and oxygen atoms in total. The van der Waals surface area contributed by atoms with Crippen LogP contribution >= 0.6 is 12.2 Å². The van der Waals surface area contributed by atoms with Crippen molar-refractivity contribution < 1.29 is 18.7 Å². The summed E-state index contributed by atoms with van der Waals surface area (Å²) in [7, 11) is 1.54. The Balaban J connectivity index is 1.87. The van der Waals surface area contributed by atoms with Crippen LogP contribution in [0.25, 0.3) is 5.69 Å². The van der Waals surface area contributed by atoms with Crippen LogP contribution in [-0.4, -0.2) is 51.5 Å². The molecule has 1 aromatic heterocycles. The van der Waals surface area contributed by atoms with Crippen LogP contribution in [0.15, 0.2) is 24.5 Å². The number of benzene rings is 1. The summed E-state index contributed by atoms with van der Waals surface area (Å²) in [5.41, 5.74) is 0.540. The Bertz CT molecular complexity index is 864. The predicted octanol–water partition coefficient (Wildman–Crippen LogP) is 1.83. The number of hydrogen-bond donors (Lipinski definition) is 1. The van der Waals surface area contributed by atoms with Crippen LogP contribution in [0.5, 0.6) is 0 Å². The van der Waals surface area contributed by atoms with E-state index in [9.17, 15) is 14.0 Å². The molecule has 2 heterocycles. The third-order valence-electron chi connectivity index (χ3n) is 3.78. The first kappa shape index (κ1) is 16.1. The fraction of sp³-hybridized carbons (Fsp3) is 0.286. The molecule has 2 amide bonds. The molecule has 1 aliphatic heterocycles. The molecule has 0 saturated carbocycles. The van der Waals surface area contributed by atoms with Crippen molar-refractivity contribution in [3.05, 3.63) is 35.1 Å². The van der Waals surface area contributed by atoms with E-state index in [2.05, 4.69) is 10.2 Å². The fourth-order valence-electron chi connectivity index (χ4n) is 2.34. The normalized spacial score (nSPS) is 17.0. The number of aromatic amines is 1. The first-order chi connectivity index (χ1) is 11.4. The molecule has 0 aliphatic carbocycles. The van der Waals surface area contributed by atoms with Gasteiger partial charge in [0.15, 0.2) is 11.0 Å². The molecule has 3 rings (SSSR count). The topological polar surface area (TPSA) is 83.5 Å². The number of hydrogen-bond acceptors (Lipinski definition) is 5. The number of halogens is 1. The lowest BCUT2D eigenvalue weighted by atomic mass is 10.2. The lowest BCUT2D eigenvalue weighted by Gasteiger charge is -2.20. The summed E-state index contributed by atoms with van der Waals surface area (Å²) in [5.74, 6) is -0.799. The van der Waals surface area contributed by atoms with Crippen molar-refractivity contribution in [1.29, 1.82) is 0 Å². The van der Waals surface area contributed by atoms with Crippen LogP contribution < -0.4 is 4.90 Å². The van der Waals surface area contributed by atoms with Gasteiger partial charge >= 0.3 is 6.09 Å². The first-order valence-corrected chi connectivity index (χ1v) is 7.43. The van der Waals surface area contributed by atoms with Gasteiger partial charge in [-0.15, -0.1) is 0 Å². The fourth-order valence-corrected chi connectivity index (χ4v) is 2.54. The Hall–Kier alpha value is -2.75. The Labute approximate surface area is 141 Å². The molecule has 0 radical (unpaired) electrons. The standard InChI is InChI=1S/C14H14FN5O3S/c1-8(21)18(2)12-6-19(14(22)23-12)9-3-4-11(10(15)5-9)20-7-16-17-13(20)24/h3-5,7,12H,6H2,1-2H3,(H,17,24). The molecule has 1 aromatic carbocycles. The van der Waals surface area contributed by atoms with Crippen LogP contribution in [-0.2, 0) is 9.53 Å². The Morgan fingerprint density at radius 1 is 1.54 bits per heavy atom. The number of carbonyl (C=O) groups is 2. The highest BCUT2D eigenvalue weighted by Crippen LogP contribution is 2.26. The van der Waals surface area contributed by atoms with Gasteiger partial charge in [-0.2, -0.15) is 5.10 Å². The largest absolute Gasteiger partial charge is 0.423 e. The van der Waals surface area contributed by atoms with Crippen molar-refractivity contribution in [3.8, 4) is 5.69 Å². The van der Waals surface area contributed by atoms with Crippen molar-refractivity contribution in [1.82, 2.24) is 19.7 Å². The van der Waals surface area contributed by atoms with Crippen molar-refractivity contribution >= 4 is 29.9 Å². The Kier molecular flexibility index (Phi) is 4.06. The van der Waals surface area contributed by atoms with Gasteiger partial charge in [0.1, 0.15) is 12.1 Å². The van der Waals surface area contributed by atoms with Crippen LogP contribution in [0.2, 0.25) is 0 Å². The van der Waals surface area contributed by atoms with Crippen LogP contribution in [0.1, 0.15) is 6.92 Å². The van der Waals surface area contributed by atoms with Crippen molar-refractivity contribution in [2.45, 2.75) is 13.2 Å². The Morgan fingerprint density at radius 2 is 2.29 bits per heavy atom. The summed E-state index contributed by atoms with van der Waals surface area (Å²) in [6.45, 7) is 1.50. The number of nitrogens with one attached hydrogen (secondary N) is 1. The predicted molar refractivity (Wildman–Crippen MR) is 84.8 cm³/mol. The highest BCUT2D eigenvalue weighted by atomic mass is 32.1. The van der Waals surface area contributed by atoms with E-state index < -0.39 is 18.1 Å². The average Bonchev–Trinajstić information content (AvgIpc) is 3.12. The zero-order chi connectivity index (χ0) is 17.4. The molecule has 1 atom stereocenters. The minimum absolute atomic E-state index is 0.124. The number of cyclic esters (lactones) is 1. The zero-order valence-electron chi connectivity index (χ0n) is 12.9. The van der Waals surface area contributed by atoms with Gasteiger partial charge in [0.25, 0.3) is 0 Å². The van der Waals surface area contributed by atoms with Crippen LogP contribution in [0.4, 0.5) is 14.9 Å². The van der Waals surface area contributed by atoms with Gasteiger partial charge in [0.2, 0.25) is 5.91 Å². The van der Waals surface area contributed by atoms with E-state index in [0.29, 0.717) is 5.69 Å². The number of ether oxygens (including phenoxy) is 1. The molecule has 24 heavy (non-hydrogen) atoms. The Morgan fingerprint density at radius 3 is 2.88 bits per heavy atom. The molecular formula is C14H14FN5O3S. The molecule has 0 bridgehead atoms. The lowest BCUT2D eigenvalue weighted by molar-refractivity contribution is -0.134. The molecule has 1 saturated heterocycles. The van der Waals surface area contributed by atoms with E-state index in [4.69, 9.17) is 17.0 Å². The highest BCUT2D eigenvalue weighted by Gasteiger charge is 2.36. The highest BCUT2D eigenvalue weighted by molar-refractivity contribution is 7.71. The molecule has 1 unspecified atom stereocenters. The van der Waals surface area contributed by atoms with E-state index in [1.165, 1.54) is 46.8 Å². The molecule has 126 valence electrons. The second kappa shape index (κ2) is 6.04. The maximum atomic E-state index is 14.4. The summed E-state index contributed by atoms with van der Waals surface area (Å²) in [6.07, 6.45) is 0.0166. The monoisotopic (exact) mass is 351 g/mol. The van der Waals surface area contributed by atoms with Gasteiger partial charge < -0.3 is 9.64 Å². The quantitative estimate of drug-likeness (QED) is 0.853. The van der Waals surface area contributed by atoms with E-state index >= 15 is 0 Å². The SMILES string of the molecule is CC(=O)N(C)C1CN(c2ccc(-n3cn[nH]c3=S)c(F)c2)C(=O)O1. The second-order valence-electron chi connectivity index (χ2n) is 5.25. The maximum absolute atomic E-state index is 14.4. The average molecular weight is 351 g/mol. The van der Waals surface area contributed by atoms with E-state index in [-0.39, 0.29) is 22.9 Å². The molecule has 1 aliphatic rings. The van der Waals surface area contributed by atoms with Crippen molar-refractivity contribution in [2.75, 3.05) is 18.5 Å². The number of rotatable bonds is 3. The van der Waals surface area contributed by atoms with E-state index in [1.807, 2.05) is 0 Å². The smallest absolute Gasteiger partial charge is 0.416 e. The van der Waals surface area contributed by atoms with E-state index in [1.54, 1.807) is 6.07 Å². The minimum atomic E-state index is -0.708. The third-order valence-corrected chi connectivity index (χ3v) is 4.07. The number of nitrogens with zero attached hydrogens (tertiary/aromatic N) is 4. The number of amides is 2. The van der Waals surface area contributed by atoms with Gasteiger partial charge in [-0.05, 0) is 30.4 Å². The maximum Gasteiger partial charge on any atom is 0.416 e. The zero-order valence-corrected chi connectivity index (χ0v) is 13.7. The summed E-state index contributed by atoms with van der Waals surface area (Å²) in [6, 6.07) is 4.28. The van der Waals surface area contributed by atoms with Gasteiger partial charge in [0, 0.05) is 14.0 Å². The minimum Gasteiger partial charge on any atom is -0.423 e. The molecule has 0 spiro atoms. The molecular weight excluding hydrogens is 337 g/mol. The van der Waals surface area contributed by atoms with Gasteiger partial charge in [-0.1, -0.05) is 0 Å². The number of H-pyrrole nitrogens is 1. The molecule has 2 aromatic rings. The second-order valence-corrected chi connectivity index (χ2v) is 5.63. The summed E-state index contributed by atoms with van der Waals surface area (Å²) in [4.78, 5) is 26.0. The number of aromatic nitrogens is 3. The van der Waals surface area contributed by atoms with Gasteiger partial charge in [-0.3, -0.25) is 19.4 Å². The number of carbonyl (C=O) groups excluding carboxylic acids is 2. The molecule has 1 N–H and O–H groups in total. The summed E-state index contributed by atoms with van der Waals surface area (Å²) < 4.78 is 21.2. The third kappa shape index (κ3) is 2.75. The lowest BCUT2D eigenvalue weighted by Crippen LogP contribution is -2.38. The summed E-state index contributed by atoms with van der Waals surface area (Å²) >= 11 is 5.01. The van der Waals surface area contributed by atoms with Crippen LogP contribution in [0.3, 0.4) is 0 Å². The van der Waals surface area contributed by atoms with E-state index in [0.717, 1.165) is 0 Å². The van der Waals surface area contributed by atoms with Crippen LogP contribution in [0, 0.1) is 10.6 Å². The van der Waals surface area contributed by atoms with Crippen molar-refractivity contribution in [3.63, 3.8) is 0 Å². The summed E-state index contributed by atoms with van der Waals surface area (Å²) in [5, 5.41) is 6.28. The number of anilines is 1. The first-order valence-electron chi connectivity index (χ1n) is 7.02. The number of likely N-dealkylation sites (N-methyl/N-ethyl adjacent to an activating group) is 1.